The lowest BCUT2D eigenvalue weighted by Gasteiger charge is -2.11. The quantitative estimate of drug-likeness (QED) is 0.728. The van der Waals surface area contributed by atoms with Gasteiger partial charge in [0.2, 0.25) is 0 Å². The van der Waals surface area contributed by atoms with Crippen LogP contribution >= 0.6 is 11.8 Å². The highest BCUT2D eigenvalue weighted by Gasteiger charge is 2.18. The van der Waals surface area contributed by atoms with Crippen molar-refractivity contribution >= 4 is 17.7 Å². The first-order valence-corrected chi connectivity index (χ1v) is 8.22. The van der Waals surface area contributed by atoms with Crippen molar-refractivity contribution in [2.75, 3.05) is 6.26 Å². The summed E-state index contributed by atoms with van der Waals surface area (Å²) in [6.45, 7) is 0. The third-order valence-electron chi connectivity index (χ3n) is 3.41. The van der Waals surface area contributed by atoms with Crippen LogP contribution in [-0.2, 0) is 0 Å². The van der Waals surface area contributed by atoms with Gasteiger partial charge in [0.05, 0.1) is 5.69 Å². The fourth-order valence-corrected chi connectivity index (χ4v) is 2.91. The Morgan fingerprint density at radius 3 is 2.43 bits per heavy atom. The number of aromatic carboxylic acids is 1. The van der Waals surface area contributed by atoms with Crippen LogP contribution < -0.4 is 0 Å². The van der Waals surface area contributed by atoms with Gasteiger partial charge in [-0.1, -0.05) is 48.5 Å². The fourth-order valence-electron chi connectivity index (χ4n) is 2.31. The maximum atomic E-state index is 11.6. The van der Waals surface area contributed by atoms with E-state index in [-0.39, 0.29) is 5.56 Å². The van der Waals surface area contributed by atoms with Crippen LogP contribution in [0, 0.1) is 0 Å². The minimum absolute atomic E-state index is 0.103. The summed E-state index contributed by atoms with van der Waals surface area (Å²) >= 11 is 1.56. The Bertz CT molecular complexity index is 851. The van der Waals surface area contributed by atoms with Crippen molar-refractivity contribution in [1.82, 2.24) is 9.97 Å². The molecule has 0 bridgehead atoms. The lowest BCUT2D eigenvalue weighted by Crippen LogP contribution is -2.05. The molecule has 0 spiro atoms. The number of rotatable bonds is 4. The first-order valence-electron chi connectivity index (χ1n) is 7.00. The van der Waals surface area contributed by atoms with Crippen molar-refractivity contribution in [3.63, 3.8) is 0 Å². The van der Waals surface area contributed by atoms with Crippen LogP contribution in [0.5, 0.6) is 0 Å². The smallest absolute Gasteiger partial charge is 0.339 e. The first kappa shape index (κ1) is 15.2. The van der Waals surface area contributed by atoms with Gasteiger partial charge >= 0.3 is 5.97 Å². The van der Waals surface area contributed by atoms with Gasteiger partial charge < -0.3 is 5.11 Å². The van der Waals surface area contributed by atoms with Crippen molar-refractivity contribution in [1.29, 1.82) is 0 Å². The van der Waals surface area contributed by atoms with Crippen LogP contribution in [0.15, 0.2) is 65.7 Å². The number of thioether (sulfide) groups is 1. The number of carboxylic acids is 1. The van der Waals surface area contributed by atoms with E-state index in [0.29, 0.717) is 11.5 Å². The van der Waals surface area contributed by atoms with Crippen LogP contribution in [-0.4, -0.2) is 27.3 Å². The van der Waals surface area contributed by atoms with E-state index in [1.165, 1.54) is 6.20 Å². The second-order valence-electron chi connectivity index (χ2n) is 4.83. The molecule has 5 heteroatoms. The zero-order chi connectivity index (χ0) is 16.2. The van der Waals surface area contributed by atoms with E-state index in [4.69, 9.17) is 0 Å². The van der Waals surface area contributed by atoms with Crippen LogP contribution in [0.25, 0.3) is 22.6 Å². The highest BCUT2D eigenvalue weighted by molar-refractivity contribution is 7.98. The van der Waals surface area contributed by atoms with E-state index in [0.717, 1.165) is 16.0 Å². The second-order valence-corrected chi connectivity index (χ2v) is 5.68. The molecule has 114 valence electrons. The van der Waals surface area contributed by atoms with Gasteiger partial charge in [-0.2, -0.15) is 0 Å². The van der Waals surface area contributed by atoms with E-state index in [2.05, 4.69) is 9.97 Å². The van der Waals surface area contributed by atoms with E-state index in [9.17, 15) is 9.90 Å². The van der Waals surface area contributed by atoms with Crippen molar-refractivity contribution < 1.29 is 9.90 Å². The molecule has 0 atom stereocenters. The Hall–Kier alpha value is -2.66. The summed E-state index contributed by atoms with van der Waals surface area (Å²) in [6.07, 6.45) is 3.34. The normalized spacial score (nSPS) is 10.5. The van der Waals surface area contributed by atoms with Crippen LogP contribution in [0.1, 0.15) is 10.4 Å². The molecule has 0 saturated carbocycles. The standard InChI is InChI=1S/C18H14N2O2S/c1-23-15-10-6-5-9-13(15)16-14(18(21)22)11-19-17(20-16)12-7-3-2-4-8-12/h2-11H,1H3,(H,21,22). The predicted molar refractivity (Wildman–Crippen MR) is 91.6 cm³/mol. The van der Waals surface area contributed by atoms with Crippen molar-refractivity contribution in [3.8, 4) is 22.6 Å². The van der Waals surface area contributed by atoms with Gasteiger partial charge in [-0.3, -0.25) is 0 Å². The third kappa shape index (κ3) is 3.10. The molecule has 0 saturated heterocycles. The van der Waals surface area contributed by atoms with Gasteiger partial charge in [-0.25, -0.2) is 14.8 Å². The number of carbonyl (C=O) groups is 1. The zero-order valence-corrected chi connectivity index (χ0v) is 13.2. The molecule has 0 unspecified atom stereocenters. The van der Waals surface area contributed by atoms with Crippen LogP contribution in [0.3, 0.4) is 0 Å². The van der Waals surface area contributed by atoms with E-state index in [1.807, 2.05) is 60.9 Å². The molecule has 1 N–H and O–H groups in total. The topological polar surface area (TPSA) is 63.1 Å². The summed E-state index contributed by atoms with van der Waals surface area (Å²) < 4.78 is 0. The number of benzene rings is 2. The molecule has 0 amide bonds. The Labute approximate surface area is 138 Å². The third-order valence-corrected chi connectivity index (χ3v) is 4.21. The number of hydrogen-bond acceptors (Lipinski definition) is 4. The Balaban J connectivity index is 2.22. The van der Waals surface area contributed by atoms with E-state index in [1.54, 1.807) is 11.8 Å². The van der Waals surface area contributed by atoms with Gasteiger partial charge in [-0.15, -0.1) is 11.8 Å². The van der Waals surface area contributed by atoms with Gasteiger partial charge in [0.25, 0.3) is 0 Å². The summed E-state index contributed by atoms with van der Waals surface area (Å²) in [5.74, 6) is -0.517. The lowest BCUT2D eigenvalue weighted by molar-refractivity contribution is 0.0697. The SMILES string of the molecule is CSc1ccccc1-c1nc(-c2ccccc2)ncc1C(=O)O. The monoisotopic (exact) mass is 322 g/mol. The van der Waals surface area contributed by atoms with Crippen LogP contribution in [0.4, 0.5) is 0 Å². The highest BCUT2D eigenvalue weighted by Crippen LogP contribution is 2.32. The molecule has 0 aliphatic heterocycles. The lowest BCUT2D eigenvalue weighted by atomic mass is 10.1. The minimum atomic E-state index is -1.03. The largest absolute Gasteiger partial charge is 0.478 e. The average molecular weight is 322 g/mol. The Morgan fingerprint density at radius 1 is 1.04 bits per heavy atom. The second kappa shape index (κ2) is 6.62. The molecule has 0 aliphatic rings. The van der Waals surface area contributed by atoms with Crippen molar-refractivity contribution in [3.05, 3.63) is 66.4 Å². The minimum Gasteiger partial charge on any atom is -0.478 e. The molecule has 2 aromatic carbocycles. The van der Waals surface area contributed by atoms with Crippen molar-refractivity contribution in [2.45, 2.75) is 4.90 Å². The molecule has 1 aromatic heterocycles. The van der Waals surface area contributed by atoms with E-state index >= 15 is 0 Å². The van der Waals surface area contributed by atoms with Gasteiger partial charge in [0, 0.05) is 22.2 Å². The molecule has 0 aliphatic carbocycles. The maximum absolute atomic E-state index is 11.6. The van der Waals surface area contributed by atoms with E-state index < -0.39 is 5.97 Å². The molecular formula is C18H14N2O2S. The molecule has 0 fully saturated rings. The molecule has 0 radical (unpaired) electrons. The number of carboxylic acid groups (broad SMARTS) is 1. The fraction of sp³-hybridized carbons (Fsp3) is 0.0556. The van der Waals surface area contributed by atoms with Gasteiger partial charge in [0.15, 0.2) is 5.82 Å². The predicted octanol–water partition coefficient (Wildman–Crippen LogP) is 4.23. The Kier molecular flexibility index (Phi) is 4.39. The molecule has 23 heavy (non-hydrogen) atoms. The molecule has 4 nitrogen and oxygen atoms in total. The molecule has 3 aromatic rings. The molecule has 1 heterocycles. The Morgan fingerprint density at radius 2 is 1.74 bits per heavy atom. The molecule has 3 rings (SSSR count). The number of nitrogens with zero attached hydrogens (tertiary/aromatic N) is 2. The molecular weight excluding hydrogens is 308 g/mol. The number of aromatic nitrogens is 2. The average Bonchev–Trinajstić information content (AvgIpc) is 2.61. The van der Waals surface area contributed by atoms with Crippen LogP contribution in [0.2, 0.25) is 0 Å². The summed E-state index contributed by atoms with van der Waals surface area (Å²) in [6, 6.07) is 17.2. The van der Waals surface area contributed by atoms with Gasteiger partial charge in [0.1, 0.15) is 5.56 Å². The summed E-state index contributed by atoms with van der Waals surface area (Å²) in [7, 11) is 0. The number of hydrogen-bond donors (Lipinski definition) is 1. The zero-order valence-electron chi connectivity index (χ0n) is 12.4. The summed E-state index contributed by atoms with van der Waals surface area (Å²) in [4.78, 5) is 21.3. The first-order chi connectivity index (χ1) is 11.2. The summed E-state index contributed by atoms with van der Waals surface area (Å²) in [5, 5.41) is 9.47. The van der Waals surface area contributed by atoms with Crippen molar-refractivity contribution in [2.24, 2.45) is 0 Å². The van der Waals surface area contributed by atoms with Gasteiger partial charge in [-0.05, 0) is 12.3 Å². The summed E-state index contributed by atoms with van der Waals surface area (Å²) in [5.41, 5.74) is 2.20. The maximum Gasteiger partial charge on any atom is 0.339 e. The highest BCUT2D eigenvalue weighted by atomic mass is 32.2.